The number of methoxy groups -OCH3 is 2. The number of fused-ring (bicyclic) bond motifs is 5. The summed E-state index contributed by atoms with van der Waals surface area (Å²) in [4.78, 5) is 29.9. The first-order valence-electron chi connectivity index (χ1n) is 27.5. The molecule has 6 N–H and O–H groups in total. The maximum atomic E-state index is 16.2. The molecule has 3 fully saturated rings. The second-order valence-electron chi connectivity index (χ2n) is 22.6. The minimum absolute atomic E-state index is 0.000670. The highest BCUT2D eigenvalue weighted by molar-refractivity contribution is 5.99. The average Bonchev–Trinajstić information content (AvgIpc) is 3.94. The summed E-state index contributed by atoms with van der Waals surface area (Å²) in [5.41, 5.74) is 6.38. The Morgan fingerprint density at radius 2 is 1.58 bits per heavy atom. The van der Waals surface area contributed by atoms with Crippen LogP contribution in [0.1, 0.15) is 109 Å². The van der Waals surface area contributed by atoms with E-state index in [4.69, 9.17) is 18.9 Å². The van der Waals surface area contributed by atoms with Crippen LogP contribution in [-0.4, -0.2) is 83.7 Å². The van der Waals surface area contributed by atoms with Crippen molar-refractivity contribution in [2.75, 3.05) is 27.9 Å². The van der Waals surface area contributed by atoms with E-state index in [2.05, 4.69) is 47.8 Å². The van der Waals surface area contributed by atoms with Crippen molar-refractivity contribution in [2.24, 2.45) is 29.1 Å². The zero-order valence-electron chi connectivity index (χ0n) is 44.4. The number of benzene rings is 6. The van der Waals surface area contributed by atoms with Gasteiger partial charge in [-0.3, -0.25) is 9.59 Å². The van der Waals surface area contributed by atoms with Crippen LogP contribution in [0, 0.1) is 29.1 Å². The van der Waals surface area contributed by atoms with E-state index in [0.717, 1.165) is 73.7 Å². The third-order valence-corrected chi connectivity index (χ3v) is 18.6. The van der Waals surface area contributed by atoms with E-state index in [1.807, 2.05) is 61.6 Å². The Balaban J connectivity index is 1.10. The van der Waals surface area contributed by atoms with E-state index in [1.54, 1.807) is 24.3 Å². The Kier molecular flexibility index (Phi) is 14.4. The second kappa shape index (κ2) is 21.2. The van der Waals surface area contributed by atoms with E-state index in [-0.39, 0.29) is 65.8 Å². The van der Waals surface area contributed by atoms with Gasteiger partial charge in [-0.15, -0.1) is 0 Å². The van der Waals surface area contributed by atoms with E-state index in [9.17, 15) is 30.3 Å². The van der Waals surface area contributed by atoms with Crippen molar-refractivity contribution in [1.82, 2.24) is 5.32 Å². The number of hydrogen-bond acceptors (Lipinski definition) is 12. The van der Waals surface area contributed by atoms with Crippen molar-refractivity contribution in [2.45, 2.75) is 113 Å². The van der Waals surface area contributed by atoms with Crippen LogP contribution in [0.3, 0.4) is 0 Å². The third-order valence-electron chi connectivity index (χ3n) is 18.6. The minimum Gasteiger partial charge on any atom is -0.508 e. The van der Waals surface area contributed by atoms with Crippen molar-refractivity contribution >= 4 is 28.8 Å². The molecule has 0 heterocycles. The number of carbonyl (C=O) groups is 2. The topological polar surface area (TPSA) is 184 Å². The first-order valence-corrected chi connectivity index (χ1v) is 27.5. The molecule has 5 aliphatic carbocycles. The Morgan fingerprint density at radius 1 is 0.805 bits per heavy atom. The number of hydrogen-bond donors (Lipinski definition) is 6. The van der Waals surface area contributed by atoms with Crippen LogP contribution in [0.4, 0.5) is 0 Å². The molecule has 0 spiro atoms. The van der Waals surface area contributed by atoms with Gasteiger partial charge in [-0.25, -0.2) is 0 Å². The molecule has 0 aliphatic heterocycles. The quantitative estimate of drug-likeness (QED) is 0.0569. The fourth-order valence-corrected chi connectivity index (χ4v) is 15.6. The summed E-state index contributed by atoms with van der Waals surface area (Å²) in [6.07, 6.45) is 6.94. The summed E-state index contributed by atoms with van der Waals surface area (Å²) in [6.45, 7) is 2.07. The van der Waals surface area contributed by atoms with Crippen LogP contribution in [0.5, 0.6) is 28.7 Å². The van der Waals surface area contributed by atoms with Gasteiger partial charge in [-0.1, -0.05) is 79.2 Å². The van der Waals surface area contributed by atoms with Crippen molar-refractivity contribution in [1.29, 1.82) is 0 Å². The number of phenols is 3. The van der Waals surface area contributed by atoms with Crippen molar-refractivity contribution in [3.05, 3.63) is 154 Å². The Bertz CT molecular complexity index is 3230. The molecule has 3 saturated carbocycles. The molecule has 0 amide bonds. The van der Waals surface area contributed by atoms with E-state index in [0.29, 0.717) is 63.0 Å². The largest absolute Gasteiger partial charge is 0.508 e. The maximum absolute atomic E-state index is 16.2. The van der Waals surface area contributed by atoms with Gasteiger partial charge in [-0.05, 0) is 197 Å². The summed E-state index contributed by atoms with van der Waals surface area (Å²) >= 11 is 0. The van der Waals surface area contributed by atoms with Gasteiger partial charge in [0.05, 0.1) is 25.7 Å². The highest BCUT2D eigenvalue weighted by atomic mass is 16.6. The lowest BCUT2D eigenvalue weighted by atomic mass is 9.40. The number of ether oxygens (including phenoxy) is 4. The van der Waals surface area contributed by atoms with E-state index < -0.39 is 41.0 Å². The minimum atomic E-state index is -1.12. The van der Waals surface area contributed by atoms with Crippen LogP contribution in [0.2, 0.25) is 0 Å². The zero-order chi connectivity index (χ0) is 53.8. The highest BCUT2D eigenvalue weighted by Gasteiger charge is 2.66. The van der Waals surface area contributed by atoms with Crippen LogP contribution in [0.25, 0.3) is 28.0 Å². The smallest absolute Gasteiger partial charge is 0.317 e. The third kappa shape index (κ3) is 9.19. The molecule has 11 atom stereocenters. The van der Waals surface area contributed by atoms with Gasteiger partial charge in [0, 0.05) is 37.8 Å². The summed E-state index contributed by atoms with van der Waals surface area (Å²) < 4.78 is 25.4. The van der Waals surface area contributed by atoms with Crippen molar-refractivity contribution in [3.63, 3.8) is 0 Å². The first-order chi connectivity index (χ1) is 37.3. The fourth-order valence-electron chi connectivity index (χ4n) is 15.6. The van der Waals surface area contributed by atoms with Crippen LogP contribution < -0.4 is 14.8 Å². The number of nitrogens with one attached hydrogen (secondary N) is 1. The summed E-state index contributed by atoms with van der Waals surface area (Å²) in [5, 5.41) is 62.0. The van der Waals surface area contributed by atoms with Gasteiger partial charge in [-0.2, -0.15) is 0 Å². The molecule has 11 rings (SSSR count). The van der Waals surface area contributed by atoms with Gasteiger partial charge in [0.25, 0.3) is 0 Å². The van der Waals surface area contributed by atoms with Gasteiger partial charge >= 0.3 is 11.9 Å². The molecule has 0 aromatic heterocycles. The summed E-state index contributed by atoms with van der Waals surface area (Å²) in [5.74, 6) is -2.05. The van der Waals surface area contributed by atoms with E-state index in [1.165, 1.54) is 21.1 Å². The van der Waals surface area contributed by atoms with Gasteiger partial charge in [0.1, 0.15) is 18.0 Å². The molecule has 0 bridgehead atoms. The van der Waals surface area contributed by atoms with Gasteiger partial charge < -0.3 is 49.8 Å². The SMILES string of the molecule is CNCc1cccc(-c2cc(O)cc3ccc([C@]4(C(=O)O[C@H]5C[C@@H]6c7cc(OC)c(O)cc7C[C@H]7[C@H]6[C@@]6(/C=C/c8ccccc8)[C@H](Cc8cc(OC)c(O)cc8[C@@H]6C[C@@H]7O)[C@H](OC(C)=O)C5)CCC[C@H]4CCCO)cc23)c1. The van der Waals surface area contributed by atoms with Gasteiger partial charge in [0.2, 0.25) is 0 Å². The number of aliphatic hydroxyl groups excluding tert-OH is 2. The lowest BCUT2D eigenvalue weighted by Crippen LogP contribution is -2.62. The molecule has 0 unspecified atom stereocenters. The fraction of sp³-hybridized carbons (Fsp3) is 0.415. The molecule has 77 heavy (non-hydrogen) atoms. The zero-order valence-corrected chi connectivity index (χ0v) is 44.4. The normalized spacial score (nSPS) is 28.2. The monoisotopic (exact) mass is 1040 g/mol. The predicted molar refractivity (Wildman–Crippen MR) is 295 cm³/mol. The Morgan fingerprint density at radius 3 is 2.35 bits per heavy atom. The molecule has 0 radical (unpaired) electrons. The number of carbonyl (C=O) groups excluding carboxylic acids is 2. The van der Waals surface area contributed by atoms with Crippen molar-refractivity contribution in [3.8, 4) is 39.9 Å². The predicted octanol–water partition coefficient (Wildman–Crippen LogP) is 10.8. The van der Waals surface area contributed by atoms with Crippen LogP contribution in [0.15, 0.2) is 115 Å². The van der Waals surface area contributed by atoms with E-state index >= 15 is 4.79 Å². The standard InChI is InChI=1S/C65H71NO11/c1-37(68)76-59-32-47(77-63(73)64(20-9-15-44(64)16-10-22-67)45-18-17-41-24-46(69)30-49(48(41)29-45)40-14-8-13-39(23-40)36-66-2)31-52-50-34-61(75-4)57(71)27-42(50)25-53-56(70)35-54-51-33-58(72)60(74-3)28-43(51)26-55(59)65(54,62(52)53)21-19-38-11-6-5-7-12-38/h5-8,11-14,17-19,21,23-24,27-30,33-34,44,47,52-56,59,62,66-67,69-72H,9-10,15-16,20,22,25-26,31-32,35-36H2,1-4H3/b21-19+/t44-,47-,52+,53+,54-,55+,56-,59+,62-,64-,65+/m0/s1. The maximum Gasteiger partial charge on any atom is 0.317 e. The molecule has 0 saturated heterocycles. The number of allylic oxidation sites excluding steroid dienone is 1. The molecule has 6 aromatic carbocycles. The van der Waals surface area contributed by atoms with Crippen molar-refractivity contribution < 1.29 is 54.1 Å². The Hall–Kier alpha value is -6.86. The highest BCUT2D eigenvalue weighted by Crippen LogP contribution is 2.70. The molecular formula is C65H71NO11. The number of rotatable bonds is 14. The molecular weight excluding hydrogens is 971 g/mol. The number of esters is 2. The first kappa shape index (κ1) is 52.2. The van der Waals surface area contributed by atoms with Crippen LogP contribution in [-0.2, 0) is 43.9 Å². The molecule has 6 aromatic rings. The Labute approximate surface area is 450 Å². The second-order valence-corrected chi connectivity index (χ2v) is 22.6. The number of aliphatic hydroxyl groups is 2. The average molecular weight is 1040 g/mol. The molecule has 402 valence electrons. The summed E-state index contributed by atoms with van der Waals surface area (Å²) in [6, 6.07) is 35.3. The molecule has 12 nitrogen and oxygen atoms in total. The summed E-state index contributed by atoms with van der Waals surface area (Å²) in [7, 11) is 4.96. The lowest BCUT2D eigenvalue weighted by Gasteiger charge is -2.64. The molecule has 5 aliphatic rings. The van der Waals surface area contributed by atoms with Gasteiger partial charge in [0.15, 0.2) is 23.0 Å². The lowest BCUT2D eigenvalue weighted by molar-refractivity contribution is -0.179. The van der Waals surface area contributed by atoms with Crippen LogP contribution >= 0.6 is 0 Å². The molecule has 12 heteroatoms. The number of aromatic hydroxyl groups is 3. The number of phenolic OH excluding ortho intramolecular Hbond substituents is 3.